The summed E-state index contributed by atoms with van der Waals surface area (Å²) in [4.78, 5) is 3.93. The molecule has 0 amide bonds. The van der Waals surface area contributed by atoms with Crippen LogP contribution in [0.15, 0.2) is 42.6 Å². The zero-order chi connectivity index (χ0) is 15.8. The molecule has 1 saturated heterocycles. The van der Waals surface area contributed by atoms with Gasteiger partial charge in [-0.2, -0.15) is 13.2 Å². The van der Waals surface area contributed by atoms with Gasteiger partial charge in [0.25, 0.3) is 0 Å². The Morgan fingerprint density at radius 3 is 2.50 bits per heavy atom. The van der Waals surface area contributed by atoms with Crippen LogP contribution in [0.3, 0.4) is 0 Å². The standard InChI is InChI=1S/C15H13F3N2O2/c16-15(17,18)14(7-9-21-14)10-4-1-2-6-12(10)22-13-11(19)5-3-8-20-13/h1-6,8H,7,9,19H2/t14-/m1/s1. The van der Waals surface area contributed by atoms with Crippen molar-refractivity contribution in [2.24, 2.45) is 0 Å². The van der Waals surface area contributed by atoms with Crippen LogP contribution in [0.5, 0.6) is 11.6 Å². The number of rotatable bonds is 3. The molecule has 3 rings (SSSR count). The number of halogens is 3. The number of anilines is 1. The van der Waals surface area contributed by atoms with Crippen LogP contribution in [0.25, 0.3) is 0 Å². The molecule has 0 radical (unpaired) electrons. The maximum absolute atomic E-state index is 13.4. The molecule has 2 N–H and O–H groups in total. The molecular weight excluding hydrogens is 297 g/mol. The van der Waals surface area contributed by atoms with Gasteiger partial charge in [0.05, 0.1) is 12.3 Å². The van der Waals surface area contributed by atoms with Crippen molar-refractivity contribution in [2.45, 2.75) is 18.2 Å². The van der Waals surface area contributed by atoms with Gasteiger partial charge in [-0.1, -0.05) is 18.2 Å². The van der Waals surface area contributed by atoms with Crippen LogP contribution in [0.4, 0.5) is 18.9 Å². The number of benzene rings is 1. The molecule has 0 unspecified atom stereocenters. The minimum atomic E-state index is -4.53. The average molecular weight is 310 g/mol. The van der Waals surface area contributed by atoms with Crippen LogP contribution in [0, 0.1) is 0 Å². The van der Waals surface area contributed by atoms with Crippen LogP contribution < -0.4 is 10.5 Å². The van der Waals surface area contributed by atoms with Gasteiger partial charge in [0, 0.05) is 18.2 Å². The third-order valence-corrected chi connectivity index (χ3v) is 3.59. The van der Waals surface area contributed by atoms with Crippen LogP contribution >= 0.6 is 0 Å². The Morgan fingerprint density at radius 1 is 1.18 bits per heavy atom. The number of alkyl halides is 3. The van der Waals surface area contributed by atoms with Gasteiger partial charge in [-0.15, -0.1) is 0 Å². The molecule has 1 aromatic carbocycles. The molecule has 0 spiro atoms. The zero-order valence-electron chi connectivity index (χ0n) is 11.4. The number of hydrogen-bond acceptors (Lipinski definition) is 4. The first kappa shape index (κ1) is 14.6. The van der Waals surface area contributed by atoms with Crippen molar-refractivity contribution in [3.05, 3.63) is 48.2 Å². The second-order valence-electron chi connectivity index (χ2n) is 4.92. The van der Waals surface area contributed by atoms with Gasteiger partial charge in [0.2, 0.25) is 5.88 Å². The second-order valence-corrected chi connectivity index (χ2v) is 4.92. The highest BCUT2D eigenvalue weighted by molar-refractivity contribution is 5.51. The summed E-state index contributed by atoms with van der Waals surface area (Å²) in [6, 6.07) is 9.06. The van der Waals surface area contributed by atoms with Gasteiger partial charge in [0.1, 0.15) is 5.75 Å². The summed E-state index contributed by atoms with van der Waals surface area (Å²) in [6.07, 6.45) is -3.22. The Kier molecular flexibility index (Phi) is 3.44. The topological polar surface area (TPSA) is 57.4 Å². The normalized spacial score (nSPS) is 21.2. The minimum absolute atomic E-state index is 0.0323. The summed E-state index contributed by atoms with van der Waals surface area (Å²) in [7, 11) is 0. The van der Waals surface area contributed by atoms with E-state index in [4.69, 9.17) is 15.2 Å². The molecule has 1 aliphatic heterocycles. The average Bonchev–Trinajstić information content (AvgIpc) is 2.40. The van der Waals surface area contributed by atoms with E-state index in [0.717, 1.165) is 0 Å². The Morgan fingerprint density at radius 2 is 1.91 bits per heavy atom. The minimum Gasteiger partial charge on any atom is -0.437 e. The summed E-state index contributed by atoms with van der Waals surface area (Å²) in [5.41, 5.74) is 3.57. The highest BCUT2D eigenvalue weighted by Crippen LogP contribution is 2.53. The molecule has 1 atom stereocenters. The van der Waals surface area contributed by atoms with E-state index in [1.54, 1.807) is 18.2 Å². The Bertz CT molecular complexity index is 684. The maximum atomic E-state index is 13.4. The molecule has 1 aliphatic rings. The van der Waals surface area contributed by atoms with Crippen molar-refractivity contribution in [2.75, 3.05) is 12.3 Å². The smallest absolute Gasteiger partial charge is 0.421 e. The van der Waals surface area contributed by atoms with Crippen molar-refractivity contribution in [1.82, 2.24) is 4.98 Å². The molecule has 1 fully saturated rings. The molecule has 0 aliphatic carbocycles. The summed E-state index contributed by atoms with van der Waals surface area (Å²) >= 11 is 0. The summed E-state index contributed by atoms with van der Waals surface area (Å²) in [5, 5.41) is 0. The SMILES string of the molecule is Nc1cccnc1Oc1ccccc1[C@@]1(C(F)(F)F)CCO1. The molecule has 2 aromatic rings. The maximum Gasteiger partial charge on any atom is 0.421 e. The number of nitrogen functional groups attached to an aromatic ring is 1. The molecule has 0 saturated carbocycles. The molecule has 7 heteroatoms. The van der Waals surface area contributed by atoms with Crippen LogP contribution in [0.2, 0.25) is 0 Å². The van der Waals surface area contributed by atoms with E-state index in [1.165, 1.54) is 24.4 Å². The third-order valence-electron chi connectivity index (χ3n) is 3.59. The van der Waals surface area contributed by atoms with E-state index in [9.17, 15) is 13.2 Å². The van der Waals surface area contributed by atoms with E-state index in [2.05, 4.69) is 4.98 Å². The van der Waals surface area contributed by atoms with Gasteiger partial charge in [-0.25, -0.2) is 4.98 Å². The van der Waals surface area contributed by atoms with Crippen molar-refractivity contribution >= 4 is 5.69 Å². The van der Waals surface area contributed by atoms with Crippen LogP contribution in [-0.4, -0.2) is 17.8 Å². The van der Waals surface area contributed by atoms with Crippen LogP contribution in [0.1, 0.15) is 12.0 Å². The monoisotopic (exact) mass is 310 g/mol. The highest BCUT2D eigenvalue weighted by Gasteiger charge is 2.62. The molecule has 116 valence electrons. The van der Waals surface area contributed by atoms with Gasteiger partial charge in [0.15, 0.2) is 5.60 Å². The summed E-state index contributed by atoms with van der Waals surface area (Å²) < 4.78 is 50.7. The van der Waals surface area contributed by atoms with E-state index < -0.39 is 11.8 Å². The number of nitrogens with zero attached hydrogens (tertiary/aromatic N) is 1. The Hall–Kier alpha value is -2.28. The predicted octanol–water partition coefficient (Wildman–Crippen LogP) is 3.63. The number of ether oxygens (including phenoxy) is 2. The lowest BCUT2D eigenvalue weighted by Crippen LogP contribution is -2.52. The van der Waals surface area contributed by atoms with Gasteiger partial charge < -0.3 is 15.2 Å². The van der Waals surface area contributed by atoms with Crippen molar-refractivity contribution < 1.29 is 22.6 Å². The first-order chi connectivity index (χ1) is 10.4. The predicted molar refractivity (Wildman–Crippen MR) is 73.5 cm³/mol. The lowest BCUT2D eigenvalue weighted by molar-refractivity contribution is -0.333. The number of hydrogen-bond donors (Lipinski definition) is 1. The fraction of sp³-hybridized carbons (Fsp3) is 0.267. The number of aromatic nitrogens is 1. The second kappa shape index (κ2) is 5.17. The van der Waals surface area contributed by atoms with Crippen molar-refractivity contribution in [1.29, 1.82) is 0 Å². The first-order valence-corrected chi connectivity index (χ1v) is 6.62. The largest absolute Gasteiger partial charge is 0.437 e. The quantitative estimate of drug-likeness (QED) is 0.940. The third kappa shape index (κ3) is 2.27. The fourth-order valence-electron chi connectivity index (χ4n) is 2.38. The van der Waals surface area contributed by atoms with E-state index >= 15 is 0 Å². The first-order valence-electron chi connectivity index (χ1n) is 6.62. The molecule has 0 bridgehead atoms. The van der Waals surface area contributed by atoms with E-state index in [0.29, 0.717) is 0 Å². The molecule has 22 heavy (non-hydrogen) atoms. The number of nitrogens with two attached hydrogens (primary N) is 1. The summed E-state index contributed by atoms with van der Waals surface area (Å²) in [5.74, 6) is 0.0940. The van der Waals surface area contributed by atoms with Gasteiger partial charge >= 0.3 is 6.18 Å². The molecule has 2 heterocycles. The van der Waals surface area contributed by atoms with Crippen LogP contribution in [-0.2, 0) is 10.3 Å². The van der Waals surface area contributed by atoms with E-state index in [1.807, 2.05) is 0 Å². The molecule has 4 nitrogen and oxygen atoms in total. The lowest BCUT2D eigenvalue weighted by atomic mass is 9.85. The van der Waals surface area contributed by atoms with Crippen molar-refractivity contribution in [3.63, 3.8) is 0 Å². The van der Waals surface area contributed by atoms with Gasteiger partial charge in [-0.05, 0) is 18.2 Å². The number of pyridine rings is 1. The van der Waals surface area contributed by atoms with E-state index in [-0.39, 0.29) is 35.9 Å². The number of para-hydroxylation sites is 1. The lowest BCUT2D eigenvalue weighted by Gasteiger charge is -2.43. The van der Waals surface area contributed by atoms with Crippen molar-refractivity contribution in [3.8, 4) is 11.6 Å². The van der Waals surface area contributed by atoms with Gasteiger partial charge in [-0.3, -0.25) is 0 Å². The highest BCUT2D eigenvalue weighted by atomic mass is 19.4. The fourth-order valence-corrected chi connectivity index (χ4v) is 2.38. The Labute approximate surface area is 124 Å². The Balaban J connectivity index is 2.03. The zero-order valence-corrected chi connectivity index (χ0v) is 11.4. The molecule has 1 aromatic heterocycles. The summed E-state index contributed by atoms with van der Waals surface area (Å²) in [6.45, 7) is 0.0551. The molecular formula is C15H13F3N2O2.